The van der Waals surface area contributed by atoms with Gasteiger partial charge in [-0.2, -0.15) is 16.9 Å². The van der Waals surface area contributed by atoms with Crippen molar-refractivity contribution in [2.75, 3.05) is 18.1 Å². The molecule has 2 heterocycles. The van der Waals surface area contributed by atoms with E-state index in [2.05, 4.69) is 27.9 Å². The van der Waals surface area contributed by atoms with Crippen LogP contribution in [0.25, 0.3) is 0 Å². The molecule has 0 aliphatic carbocycles. The van der Waals surface area contributed by atoms with E-state index >= 15 is 0 Å². The highest BCUT2D eigenvalue weighted by Gasteiger charge is 2.16. The van der Waals surface area contributed by atoms with Gasteiger partial charge >= 0.3 is 0 Å². The van der Waals surface area contributed by atoms with Crippen LogP contribution in [0.3, 0.4) is 0 Å². The molecule has 2 aromatic rings. The monoisotopic (exact) mass is 330 g/mol. The number of thioether (sulfide) groups is 1. The molecule has 0 saturated carbocycles. The molecule has 6 heteroatoms. The second-order valence-electron chi connectivity index (χ2n) is 5.73. The molecule has 23 heavy (non-hydrogen) atoms. The minimum atomic E-state index is 0.113. The molecule has 1 aromatic carbocycles. The molecular weight excluding hydrogens is 308 g/mol. The maximum atomic E-state index is 12.1. The first-order chi connectivity index (χ1) is 11.3. The molecule has 2 N–H and O–H groups in total. The molecule has 0 spiro atoms. The van der Waals surface area contributed by atoms with Crippen LogP contribution in [0, 0.1) is 0 Å². The van der Waals surface area contributed by atoms with E-state index in [-0.39, 0.29) is 5.91 Å². The summed E-state index contributed by atoms with van der Waals surface area (Å²) in [7, 11) is 0. The summed E-state index contributed by atoms with van der Waals surface area (Å²) < 4.78 is 1.89. The number of aromatic nitrogens is 2. The summed E-state index contributed by atoms with van der Waals surface area (Å²) in [4.78, 5) is 12.1. The highest BCUT2D eigenvalue weighted by molar-refractivity contribution is 7.99. The standard InChI is InChI=1S/C17H22N4OS/c22-17(10-16-13-23-8-6-18-16)19-11-14-3-1-4-15(9-14)12-21-7-2-5-20-21/h1-5,7,9,16,18H,6,8,10-13H2,(H,19,22). The zero-order valence-electron chi connectivity index (χ0n) is 13.1. The van der Waals surface area contributed by atoms with Crippen LogP contribution in [0.4, 0.5) is 0 Å². The Bertz CT molecular complexity index is 623. The Morgan fingerprint density at radius 2 is 2.30 bits per heavy atom. The molecule has 0 radical (unpaired) electrons. The van der Waals surface area contributed by atoms with Gasteiger partial charge in [-0.05, 0) is 17.2 Å². The van der Waals surface area contributed by atoms with Crippen molar-refractivity contribution in [2.45, 2.75) is 25.6 Å². The van der Waals surface area contributed by atoms with Gasteiger partial charge in [-0.15, -0.1) is 0 Å². The lowest BCUT2D eigenvalue weighted by molar-refractivity contribution is -0.121. The summed E-state index contributed by atoms with van der Waals surface area (Å²) in [6.07, 6.45) is 4.28. The molecule has 3 rings (SSSR count). The van der Waals surface area contributed by atoms with Gasteiger partial charge < -0.3 is 10.6 Å². The molecule has 1 aliphatic rings. The van der Waals surface area contributed by atoms with Crippen molar-refractivity contribution in [3.63, 3.8) is 0 Å². The quantitative estimate of drug-likeness (QED) is 0.845. The van der Waals surface area contributed by atoms with Crippen molar-refractivity contribution in [2.24, 2.45) is 0 Å². The number of carbonyl (C=O) groups is 1. The first-order valence-corrected chi connectivity index (χ1v) is 9.08. The normalized spacial score (nSPS) is 17.8. The van der Waals surface area contributed by atoms with Crippen molar-refractivity contribution in [1.29, 1.82) is 0 Å². The molecule has 1 atom stereocenters. The van der Waals surface area contributed by atoms with Crippen LogP contribution in [0.1, 0.15) is 17.5 Å². The fourth-order valence-corrected chi connectivity index (χ4v) is 3.62. The Morgan fingerprint density at radius 3 is 3.09 bits per heavy atom. The zero-order chi connectivity index (χ0) is 15.9. The summed E-state index contributed by atoms with van der Waals surface area (Å²) in [5, 5.41) is 10.6. The average molecular weight is 330 g/mol. The lowest BCUT2D eigenvalue weighted by Crippen LogP contribution is -2.41. The molecule has 5 nitrogen and oxygen atoms in total. The second-order valence-corrected chi connectivity index (χ2v) is 6.88. The predicted octanol–water partition coefficient (Wildman–Crippen LogP) is 1.64. The van der Waals surface area contributed by atoms with E-state index in [1.54, 1.807) is 6.20 Å². The molecule has 1 aliphatic heterocycles. The maximum Gasteiger partial charge on any atom is 0.221 e. The minimum Gasteiger partial charge on any atom is -0.352 e. The van der Waals surface area contributed by atoms with Crippen LogP contribution in [-0.4, -0.2) is 39.8 Å². The minimum absolute atomic E-state index is 0.113. The Hall–Kier alpha value is -1.79. The average Bonchev–Trinajstić information content (AvgIpc) is 3.07. The molecule has 0 bridgehead atoms. The topological polar surface area (TPSA) is 59.0 Å². The summed E-state index contributed by atoms with van der Waals surface area (Å²) in [6.45, 7) is 2.32. The second kappa shape index (κ2) is 8.17. The summed E-state index contributed by atoms with van der Waals surface area (Å²) in [6, 6.07) is 10.5. The van der Waals surface area contributed by atoms with Crippen LogP contribution in [0.15, 0.2) is 42.7 Å². The van der Waals surface area contributed by atoms with E-state index in [1.165, 1.54) is 5.56 Å². The van der Waals surface area contributed by atoms with Gasteiger partial charge in [0.1, 0.15) is 0 Å². The third-order valence-corrected chi connectivity index (χ3v) is 4.95. The summed E-state index contributed by atoms with van der Waals surface area (Å²) in [5.41, 5.74) is 2.31. The van der Waals surface area contributed by atoms with Crippen molar-refractivity contribution in [1.82, 2.24) is 20.4 Å². The number of rotatable bonds is 6. The van der Waals surface area contributed by atoms with Crippen molar-refractivity contribution >= 4 is 17.7 Å². The van der Waals surface area contributed by atoms with Crippen molar-refractivity contribution in [3.8, 4) is 0 Å². The van der Waals surface area contributed by atoms with Crippen LogP contribution >= 0.6 is 11.8 Å². The molecule has 1 amide bonds. The number of hydrogen-bond acceptors (Lipinski definition) is 4. The van der Waals surface area contributed by atoms with Crippen molar-refractivity contribution in [3.05, 3.63) is 53.9 Å². The molecule has 1 unspecified atom stereocenters. The van der Waals surface area contributed by atoms with Crippen LogP contribution < -0.4 is 10.6 Å². The fraction of sp³-hybridized carbons (Fsp3) is 0.412. The third-order valence-electron chi connectivity index (χ3n) is 3.82. The third kappa shape index (κ3) is 5.11. The van der Waals surface area contributed by atoms with Crippen LogP contribution in [0.5, 0.6) is 0 Å². The van der Waals surface area contributed by atoms with Gasteiger partial charge in [0.05, 0.1) is 6.54 Å². The first-order valence-electron chi connectivity index (χ1n) is 7.93. The number of benzene rings is 1. The Morgan fingerprint density at radius 1 is 1.39 bits per heavy atom. The molecule has 122 valence electrons. The Kier molecular flexibility index (Phi) is 5.71. The van der Waals surface area contributed by atoms with Gasteiger partial charge in [0, 0.05) is 49.5 Å². The van der Waals surface area contributed by atoms with Gasteiger partial charge in [0.25, 0.3) is 0 Å². The molecule has 1 fully saturated rings. The summed E-state index contributed by atoms with van der Waals surface area (Å²) >= 11 is 1.91. The van der Waals surface area contributed by atoms with Gasteiger partial charge in [-0.1, -0.05) is 24.3 Å². The smallest absolute Gasteiger partial charge is 0.221 e. The molecule has 1 aromatic heterocycles. The molecular formula is C17H22N4OS. The van der Waals surface area contributed by atoms with Gasteiger partial charge in [0.2, 0.25) is 5.91 Å². The fourth-order valence-electron chi connectivity index (χ4n) is 2.67. The number of amides is 1. The van der Waals surface area contributed by atoms with Crippen LogP contribution in [-0.2, 0) is 17.9 Å². The highest BCUT2D eigenvalue weighted by Crippen LogP contribution is 2.11. The van der Waals surface area contributed by atoms with E-state index in [0.717, 1.165) is 30.2 Å². The van der Waals surface area contributed by atoms with Gasteiger partial charge in [0.15, 0.2) is 0 Å². The molecule has 1 saturated heterocycles. The van der Waals surface area contributed by atoms with E-state index in [1.807, 2.05) is 40.8 Å². The van der Waals surface area contributed by atoms with Crippen LogP contribution in [0.2, 0.25) is 0 Å². The summed E-state index contributed by atoms with van der Waals surface area (Å²) in [5.74, 6) is 2.27. The lowest BCUT2D eigenvalue weighted by Gasteiger charge is -2.22. The van der Waals surface area contributed by atoms with Gasteiger partial charge in [-0.25, -0.2) is 0 Å². The number of carbonyl (C=O) groups excluding carboxylic acids is 1. The lowest BCUT2D eigenvalue weighted by atomic mass is 10.1. The van der Waals surface area contributed by atoms with E-state index in [0.29, 0.717) is 19.0 Å². The maximum absolute atomic E-state index is 12.1. The SMILES string of the molecule is O=C(CC1CSCCN1)NCc1cccc(Cn2cccn2)c1. The van der Waals surface area contributed by atoms with E-state index < -0.39 is 0 Å². The predicted molar refractivity (Wildman–Crippen MR) is 93.4 cm³/mol. The number of nitrogens with zero attached hydrogens (tertiary/aromatic N) is 2. The van der Waals surface area contributed by atoms with E-state index in [4.69, 9.17) is 0 Å². The first kappa shape index (κ1) is 16.1. The van der Waals surface area contributed by atoms with Gasteiger partial charge in [-0.3, -0.25) is 9.48 Å². The largest absolute Gasteiger partial charge is 0.352 e. The number of hydrogen-bond donors (Lipinski definition) is 2. The number of nitrogens with one attached hydrogen (secondary N) is 2. The van der Waals surface area contributed by atoms with E-state index in [9.17, 15) is 4.79 Å². The Balaban J connectivity index is 1.48. The zero-order valence-corrected chi connectivity index (χ0v) is 13.9. The van der Waals surface area contributed by atoms with Crippen molar-refractivity contribution < 1.29 is 4.79 Å². The highest BCUT2D eigenvalue weighted by atomic mass is 32.2. The Labute approximate surface area is 140 Å².